The zero-order chi connectivity index (χ0) is 30.1. The Hall–Kier alpha value is -3.89. The number of alkyl halides is 1. The van der Waals surface area contributed by atoms with Crippen LogP contribution < -0.4 is 15.1 Å². The number of halogens is 2. The molecule has 1 aromatic carbocycles. The number of anilines is 1. The maximum absolute atomic E-state index is 15.4. The molecule has 2 aliphatic rings. The van der Waals surface area contributed by atoms with Crippen molar-refractivity contribution in [1.29, 1.82) is 0 Å². The molecule has 3 aromatic heterocycles. The third kappa shape index (κ3) is 6.55. The molecule has 8 nitrogen and oxygen atoms in total. The SMILES string of the molecule is Cc1ccc(N2C[C@@H](F)C[C@H](N(Cc3ccnc(C)c3)Cc3cn(C4CC4)c4cc(OCCO)c(F)cc4c3=O)C2)cn1. The van der Waals surface area contributed by atoms with Crippen LogP contribution in [0, 0.1) is 19.7 Å². The maximum atomic E-state index is 15.4. The van der Waals surface area contributed by atoms with E-state index in [0.717, 1.165) is 35.5 Å². The molecule has 4 heterocycles. The van der Waals surface area contributed by atoms with Crippen molar-refractivity contribution in [3.63, 3.8) is 0 Å². The molecule has 43 heavy (non-hydrogen) atoms. The van der Waals surface area contributed by atoms with Gasteiger partial charge in [-0.2, -0.15) is 0 Å². The fraction of sp³-hybridized carbons (Fsp3) is 0.424. The van der Waals surface area contributed by atoms with Gasteiger partial charge in [0.1, 0.15) is 12.8 Å². The lowest BCUT2D eigenvalue weighted by atomic mass is 10.00. The van der Waals surface area contributed by atoms with Crippen LogP contribution >= 0.6 is 0 Å². The Morgan fingerprint density at radius 3 is 2.63 bits per heavy atom. The Morgan fingerprint density at radius 2 is 1.91 bits per heavy atom. The summed E-state index contributed by atoms with van der Waals surface area (Å²) in [5.74, 6) is -0.628. The minimum atomic E-state index is -1.05. The molecule has 0 unspecified atom stereocenters. The largest absolute Gasteiger partial charge is 0.488 e. The van der Waals surface area contributed by atoms with Crippen molar-refractivity contribution in [2.75, 3.05) is 31.2 Å². The van der Waals surface area contributed by atoms with Crippen LogP contribution in [0.15, 0.2) is 59.8 Å². The van der Waals surface area contributed by atoms with Gasteiger partial charge in [-0.25, -0.2) is 8.78 Å². The standard InChI is InChI=1S/C33H37F2N5O3/c1-21-3-4-27(15-37-21)39-19-25(34)12-28(20-39)38(16-23-7-8-36-22(2)11-23)17-24-18-40(26-5-6-26)31-14-32(43-10-9-41)30(35)13-29(31)33(24)42/h3-4,7-8,11,13-15,18,25-26,28,41H,5-6,9-10,12,16-17,19-20H2,1-2H3/t25-,28-/m0/s1. The lowest BCUT2D eigenvalue weighted by Crippen LogP contribution is -2.51. The number of hydrogen-bond donors (Lipinski definition) is 1. The number of aromatic nitrogens is 3. The molecule has 0 amide bonds. The van der Waals surface area contributed by atoms with Gasteiger partial charge in [-0.05, 0) is 69.0 Å². The summed E-state index contributed by atoms with van der Waals surface area (Å²) < 4.78 is 37.8. The van der Waals surface area contributed by atoms with E-state index < -0.39 is 12.0 Å². The summed E-state index contributed by atoms with van der Waals surface area (Å²) in [5, 5.41) is 9.43. The number of rotatable bonds is 10. The molecule has 0 radical (unpaired) electrons. The number of ether oxygens (including phenoxy) is 1. The number of piperidine rings is 1. The van der Waals surface area contributed by atoms with Crippen molar-refractivity contribution in [1.82, 2.24) is 19.4 Å². The van der Waals surface area contributed by atoms with Gasteiger partial charge in [-0.3, -0.25) is 19.7 Å². The summed E-state index contributed by atoms with van der Waals surface area (Å²) in [4.78, 5) is 26.9. The first-order chi connectivity index (χ1) is 20.8. The molecule has 226 valence electrons. The highest BCUT2D eigenvalue weighted by molar-refractivity contribution is 5.81. The van der Waals surface area contributed by atoms with Crippen LogP contribution in [0.3, 0.4) is 0 Å². The van der Waals surface area contributed by atoms with Crippen LogP contribution in [-0.4, -0.2) is 63.1 Å². The molecule has 0 bridgehead atoms. The normalized spacial score (nSPS) is 18.9. The van der Waals surface area contributed by atoms with E-state index in [4.69, 9.17) is 9.84 Å². The van der Waals surface area contributed by atoms with Crippen LogP contribution in [0.2, 0.25) is 0 Å². The van der Waals surface area contributed by atoms with Gasteiger partial charge in [-0.1, -0.05) is 0 Å². The van der Waals surface area contributed by atoms with Gasteiger partial charge in [0, 0.05) is 79.1 Å². The minimum absolute atomic E-state index is 0.0136. The van der Waals surface area contributed by atoms with E-state index in [0.29, 0.717) is 30.6 Å². The van der Waals surface area contributed by atoms with Crippen molar-refractivity contribution in [2.45, 2.75) is 64.5 Å². The van der Waals surface area contributed by atoms with E-state index in [9.17, 15) is 4.79 Å². The third-order valence-corrected chi connectivity index (χ3v) is 8.32. The second kappa shape index (κ2) is 12.4. The molecule has 6 rings (SSSR count). The predicted octanol–water partition coefficient (Wildman–Crippen LogP) is 4.87. The monoisotopic (exact) mass is 589 g/mol. The smallest absolute Gasteiger partial charge is 0.193 e. The highest BCUT2D eigenvalue weighted by atomic mass is 19.1. The quantitative estimate of drug-likeness (QED) is 0.283. The number of fused-ring (bicyclic) bond motifs is 1. The Bertz CT molecular complexity index is 1660. The van der Waals surface area contributed by atoms with Crippen molar-refractivity contribution in [3.8, 4) is 5.75 Å². The zero-order valence-electron chi connectivity index (χ0n) is 24.5. The average Bonchev–Trinajstić information content (AvgIpc) is 3.83. The Morgan fingerprint density at radius 1 is 1.07 bits per heavy atom. The van der Waals surface area contributed by atoms with Crippen molar-refractivity contribution in [3.05, 3.63) is 93.5 Å². The molecular weight excluding hydrogens is 552 g/mol. The molecule has 1 N–H and O–H groups in total. The van der Waals surface area contributed by atoms with Crippen LogP contribution in [0.4, 0.5) is 14.5 Å². The molecule has 0 spiro atoms. The molecule has 1 saturated heterocycles. The summed E-state index contributed by atoms with van der Waals surface area (Å²) in [6.07, 6.45) is 6.66. The fourth-order valence-electron chi connectivity index (χ4n) is 6.05. The van der Waals surface area contributed by atoms with Crippen LogP contribution in [0.5, 0.6) is 5.75 Å². The second-order valence-electron chi connectivity index (χ2n) is 11.8. The van der Waals surface area contributed by atoms with Gasteiger partial charge in [-0.15, -0.1) is 0 Å². The van der Waals surface area contributed by atoms with Gasteiger partial charge in [0.25, 0.3) is 0 Å². The van der Waals surface area contributed by atoms with Gasteiger partial charge < -0.3 is 19.3 Å². The summed E-state index contributed by atoms with van der Waals surface area (Å²) in [6.45, 7) is 5.23. The molecule has 4 aromatic rings. The Balaban J connectivity index is 1.38. The van der Waals surface area contributed by atoms with E-state index in [2.05, 4.69) is 19.4 Å². The lowest BCUT2D eigenvalue weighted by Gasteiger charge is -2.41. The predicted molar refractivity (Wildman–Crippen MR) is 162 cm³/mol. The van der Waals surface area contributed by atoms with Crippen LogP contribution in [0.25, 0.3) is 10.9 Å². The van der Waals surface area contributed by atoms with E-state index in [-0.39, 0.29) is 55.0 Å². The zero-order valence-corrected chi connectivity index (χ0v) is 24.5. The van der Waals surface area contributed by atoms with Gasteiger partial charge in [0.2, 0.25) is 0 Å². The number of pyridine rings is 3. The summed E-state index contributed by atoms with van der Waals surface area (Å²) in [6, 6.07) is 10.7. The van der Waals surface area contributed by atoms with Gasteiger partial charge >= 0.3 is 0 Å². The average molecular weight is 590 g/mol. The Labute approximate surface area is 249 Å². The molecule has 2 atom stereocenters. The fourth-order valence-corrected chi connectivity index (χ4v) is 6.05. The molecule has 1 saturated carbocycles. The number of benzene rings is 1. The summed E-state index contributed by atoms with van der Waals surface area (Å²) in [5.41, 5.74) is 4.58. The van der Waals surface area contributed by atoms with E-state index >= 15 is 8.78 Å². The molecule has 2 fully saturated rings. The number of aliphatic hydroxyl groups excluding tert-OH is 1. The Kier molecular flexibility index (Phi) is 8.41. The number of nitrogens with zero attached hydrogens (tertiary/aromatic N) is 5. The lowest BCUT2D eigenvalue weighted by molar-refractivity contribution is 0.121. The van der Waals surface area contributed by atoms with Gasteiger partial charge in [0.15, 0.2) is 17.0 Å². The van der Waals surface area contributed by atoms with E-state index in [1.807, 2.05) is 49.2 Å². The van der Waals surface area contributed by atoms with Crippen LogP contribution in [-0.2, 0) is 13.1 Å². The minimum Gasteiger partial charge on any atom is -0.488 e. The second-order valence-corrected chi connectivity index (χ2v) is 11.8. The van der Waals surface area contributed by atoms with Crippen molar-refractivity contribution >= 4 is 16.6 Å². The highest BCUT2D eigenvalue weighted by Gasteiger charge is 2.33. The molecule has 1 aliphatic heterocycles. The van der Waals surface area contributed by atoms with Crippen molar-refractivity contribution in [2.24, 2.45) is 0 Å². The summed E-state index contributed by atoms with van der Waals surface area (Å²) in [7, 11) is 0. The third-order valence-electron chi connectivity index (χ3n) is 8.32. The van der Waals surface area contributed by atoms with E-state index in [1.165, 1.54) is 6.07 Å². The van der Waals surface area contributed by atoms with Gasteiger partial charge in [0.05, 0.1) is 24.0 Å². The molecule has 10 heteroatoms. The first-order valence-electron chi connectivity index (χ1n) is 14.9. The summed E-state index contributed by atoms with van der Waals surface area (Å²) >= 11 is 0. The number of aliphatic hydroxyl groups is 1. The van der Waals surface area contributed by atoms with Crippen molar-refractivity contribution < 1.29 is 18.6 Å². The highest BCUT2D eigenvalue weighted by Crippen LogP contribution is 2.38. The number of aryl methyl sites for hydroxylation is 2. The van der Waals surface area contributed by atoms with E-state index in [1.54, 1.807) is 18.5 Å². The maximum Gasteiger partial charge on any atom is 0.193 e. The first-order valence-corrected chi connectivity index (χ1v) is 14.9. The molecule has 1 aliphatic carbocycles. The first kappa shape index (κ1) is 29.2. The topological polar surface area (TPSA) is 83.7 Å². The van der Waals surface area contributed by atoms with Crippen LogP contribution in [0.1, 0.15) is 47.8 Å². The molecular formula is C33H37F2N5O3. The number of hydrogen-bond acceptors (Lipinski definition) is 7.